The summed E-state index contributed by atoms with van der Waals surface area (Å²) >= 11 is 0. The average molecular weight is 335 g/mol. The molecule has 1 aliphatic rings. The van der Waals surface area contributed by atoms with Crippen molar-refractivity contribution in [2.75, 3.05) is 6.54 Å². The summed E-state index contributed by atoms with van der Waals surface area (Å²) in [5.74, 6) is 0.355. The number of nitrogens with two attached hydrogens (primary N) is 1. The number of rotatable bonds is 6. The van der Waals surface area contributed by atoms with Gasteiger partial charge in [-0.25, -0.2) is 0 Å². The molecule has 1 aromatic rings. The van der Waals surface area contributed by atoms with Crippen molar-refractivity contribution in [2.45, 2.75) is 39.3 Å². The molecule has 1 atom stereocenters. The van der Waals surface area contributed by atoms with Gasteiger partial charge in [0.25, 0.3) is 5.91 Å². The fourth-order valence-electron chi connectivity index (χ4n) is 2.48. The summed E-state index contributed by atoms with van der Waals surface area (Å²) in [7, 11) is 0. The minimum absolute atomic E-state index is 0. The first kappa shape index (κ1) is 18.6. The zero-order chi connectivity index (χ0) is 15.6. The Kier molecular flexibility index (Phi) is 6.56. The highest BCUT2D eigenvalue weighted by Gasteiger charge is 2.31. The minimum Gasteiger partial charge on any atom is -0.434 e. The van der Waals surface area contributed by atoms with Crippen molar-refractivity contribution in [1.82, 2.24) is 5.32 Å². The number of amides is 1. The summed E-state index contributed by atoms with van der Waals surface area (Å²) in [4.78, 5) is 12.2. The molecule has 0 radical (unpaired) electrons. The van der Waals surface area contributed by atoms with E-state index in [0.717, 1.165) is 12.8 Å². The number of hydrogen-bond donors (Lipinski definition) is 2. The van der Waals surface area contributed by atoms with Gasteiger partial charge < -0.3 is 15.8 Å². The fourth-order valence-corrected chi connectivity index (χ4v) is 2.48. The van der Waals surface area contributed by atoms with Crippen molar-refractivity contribution in [3.8, 4) is 5.75 Å². The van der Waals surface area contributed by atoms with Crippen molar-refractivity contribution in [3.63, 3.8) is 0 Å². The second-order valence-electron chi connectivity index (χ2n) is 5.47. The molecule has 1 saturated carbocycles. The van der Waals surface area contributed by atoms with Crippen molar-refractivity contribution >= 4 is 18.3 Å². The summed E-state index contributed by atoms with van der Waals surface area (Å²) in [6.07, 6.45) is 2.17. The Balaban J connectivity index is 0.00000242. The first-order valence-corrected chi connectivity index (χ1v) is 6.99. The van der Waals surface area contributed by atoms with E-state index in [1.54, 1.807) is 26.0 Å². The molecular formula is C15H21ClF2N2O2. The normalized spacial score (nSPS) is 15.2. The Morgan fingerprint density at radius 1 is 1.36 bits per heavy atom. The SMILES string of the molecule is Cc1cc(C(=O)NC(CN)C2CC2)cc(C)c1OC(F)F.Cl. The van der Waals surface area contributed by atoms with Crippen LogP contribution in [0, 0.1) is 19.8 Å². The largest absolute Gasteiger partial charge is 0.434 e. The second kappa shape index (κ2) is 7.74. The maximum absolute atomic E-state index is 12.3. The Morgan fingerprint density at radius 2 is 1.91 bits per heavy atom. The van der Waals surface area contributed by atoms with E-state index in [9.17, 15) is 13.6 Å². The number of nitrogens with one attached hydrogen (secondary N) is 1. The van der Waals surface area contributed by atoms with E-state index >= 15 is 0 Å². The highest BCUT2D eigenvalue weighted by atomic mass is 35.5. The number of alkyl halides is 2. The zero-order valence-corrected chi connectivity index (χ0v) is 13.4. The van der Waals surface area contributed by atoms with Crippen LogP contribution in [-0.4, -0.2) is 25.1 Å². The maximum Gasteiger partial charge on any atom is 0.387 e. The lowest BCUT2D eigenvalue weighted by molar-refractivity contribution is -0.0507. The molecule has 1 aliphatic carbocycles. The topological polar surface area (TPSA) is 64.4 Å². The van der Waals surface area contributed by atoms with Gasteiger partial charge in [0.2, 0.25) is 0 Å². The predicted molar refractivity (Wildman–Crippen MR) is 82.8 cm³/mol. The van der Waals surface area contributed by atoms with Crippen LogP contribution in [0.2, 0.25) is 0 Å². The summed E-state index contributed by atoms with van der Waals surface area (Å²) < 4.78 is 29.2. The standard InChI is InChI=1S/C15H20F2N2O2.ClH/c1-8-5-11(6-9(2)13(8)21-15(16)17)14(20)19-12(7-18)10-3-4-10;/h5-6,10,12,15H,3-4,7,18H2,1-2H3,(H,19,20);1H. The molecule has 1 unspecified atom stereocenters. The molecule has 1 aromatic carbocycles. The van der Waals surface area contributed by atoms with E-state index in [-0.39, 0.29) is 30.1 Å². The van der Waals surface area contributed by atoms with Gasteiger partial charge >= 0.3 is 6.61 Å². The lowest BCUT2D eigenvalue weighted by atomic mass is 10.0. The van der Waals surface area contributed by atoms with Gasteiger partial charge in [0.15, 0.2) is 0 Å². The van der Waals surface area contributed by atoms with Gasteiger partial charge in [-0.3, -0.25) is 4.79 Å². The Bertz CT molecular complexity index is 513. The molecule has 0 heterocycles. The molecule has 0 saturated heterocycles. The van der Waals surface area contributed by atoms with Gasteiger partial charge in [0.05, 0.1) is 0 Å². The number of ether oxygens (including phenoxy) is 1. The third-order valence-corrected chi connectivity index (χ3v) is 3.69. The molecule has 2 rings (SSSR count). The van der Waals surface area contributed by atoms with Gasteiger partial charge in [-0.2, -0.15) is 8.78 Å². The van der Waals surface area contributed by atoms with Crippen LogP contribution >= 0.6 is 12.4 Å². The summed E-state index contributed by atoms with van der Waals surface area (Å²) in [6, 6.07) is 3.09. The average Bonchev–Trinajstić information content (AvgIpc) is 3.23. The van der Waals surface area contributed by atoms with Crippen molar-refractivity contribution in [3.05, 3.63) is 28.8 Å². The lowest BCUT2D eigenvalue weighted by Gasteiger charge is -2.17. The van der Waals surface area contributed by atoms with E-state index in [0.29, 0.717) is 29.2 Å². The van der Waals surface area contributed by atoms with Gasteiger partial charge in [-0.15, -0.1) is 12.4 Å². The number of hydrogen-bond acceptors (Lipinski definition) is 3. The smallest absolute Gasteiger partial charge is 0.387 e. The Labute approximate surface area is 134 Å². The van der Waals surface area contributed by atoms with Crippen LogP contribution in [-0.2, 0) is 0 Å². The van der Waals surface area contributed by atoms with Gasteiger partial charge in [-0.1, -0.05) is 0 Å². The molecule has 0 spiro atoms. The number of carbonyl (C=O) groups is 1. The molecular weight excluding hydrogens is 314 g/mol. The summed E-state index contributed by atoms with van der Waals surface area (Å²) in [5, 5.41) is 2.91. The maximum atomic E-state index is 12.3. The molecule has 124 valence electrons. The monoisotopic (exact) mass is 334 g/mol. The second-order valence-corrected chi connectivity index (χ2v) is 5.47. The summed E-state index contributed by atoms with van der Waals surface area (Å²) in [6.45, 7) is 0.811. The van der Waals surface area contributed by atoms with Crippen LogP contribution < -0.4 is 15.8 Å². The number of benzene rings is 1. The van der Waals surface area contributed by atoms with Crippen LogP contribution in [0.5, 0.6) is 5.75 Å². The van der Waals surface area contributed by atoms with E-state index < -0.39 is 6.61 Å². The molecule has 0 aliphatic heterocycles. The van der Waals surface area contributed by atoms with Crippen LogP contribution in [0.1, 0.15) is 34.3 Å². The van der Waals surface area contributed by atoms with Crippen molar-refractivity contribution in [1.29, 1.82) is 0 Å². The third-order valence-electron chi connectivity index (χ3n) is 3.69. The van der Waals surface area contributed by atoms with E-state index in [1.807, 2.05) is 0 Å². The van der Waals surface area contributed by atoms with Crippen LogP contribution in [0.3, 0.4) is 0 Å². The predicted octanol–water partition coefficient (Wildman–Crippen LogP) is 2.79. The third kappa shape index (κ3) is 4.55. The van der Waals surface area contributed by atoms with Gasteiger partial charge in [-0.05, 0) is 55.9 Å². The van der Waals surface area contributed by atoms with E-state index in [2.05, 4.69) is 10.1 Å². The quantitative estimate of drug-likeness (QED) is 0.840. The molecule has 3 N–H and O–H groups in total. The van der Waals surface area contributed by atoms with Crippen LogP contribution in [0.4, 0.5) is 8.78 Å². The first-order valence-electron chi connectivity index (χ1n) is 6.99. The number of halogens is 3. The fraction of sp³-hybridized carbons (Fsp3) is 0.533. The molecule has 1 fully saturated rings. The molecule has 1 amide bonds. The molecule has 4 nitrogen and oxygen atoms in total. The van der Waals surface area contributed by atoms with Crippen molar-refractivity contribution in [2.24, 2.45) is 11.7 Å². The van der Waals surface area contributed by atoms with Crippen molar-refractivity contribution < 1.29 is 18.3 Å². The summed E-state index contributed by atoms with van der Waals surface area (Å²) in [5.41, 5.74) is 7.12. The van der Waals surface area contributed by atoms with Crippen LogP contribution in [0.25, 0.3) is 0 Å². The highest BCUT2D eigenvalue weighted by molar-refractivity contribution is 5.95. The molecule has 0 bridgehead atoms. The molecule has 7 heteroatoms. The first-order chi connectivity index (χ1) is 9.92. The van der Waals surface area contributed by atoms with Crippen LogP contribution in [0.15, 0.2) is 12.1 Å². The van der Waals surface area contributed by atoms with E-state index in [4.69, 9.17) is 5.73 Å². The Morgan fingerprint density at radius 3 is 2.32 bits per heavy atom. The van der Waals surface area contributed by atoms with Gasteiger partial charge in [0.1, 0.15) is 5.75 Å². The Hall–Kier alpha value is -1.40. The van der Waals surface area contributed by atoms with E-state index in [1.165, 1.54) is 0 Å². The minimum atomic E-state index is -2.88. The number of aryl methyl sites for hydroxylation is 2. The highest BCUT2D eigenvalue weighted by Crippen LogP contribution is 2.32. The molecule has 22 heavy (non-hydrogen) atoms. The number of carbonyl (C=O) groups excluding carboxylic acids is 1. The zero-order valence-electron chi connectivity index (χ0n) is 12.6. The van der Waals surface area contributed by atoms with Gasteiger partial charge in [0, 0.05) is 18.2 Å². The lowest BCUT2D eigenvalue weighted by Crippen LogP contribution is -2.41. The molecule has 0 aromatic heterocycles.